The number of nitrogens with two attached hydrogens (primary N) is 1. The van der Waals surface area contributed by atoms with Gasteiger partial charge in [-0.3, -0.25) is 4.79 Å². The van der Waals surface area contributed by atoms with Crippen molar-refractivity contribution in [2.45, 2.75) is 13.8 Å². The predicted molar refractivity (Wildman–Crippen MR) is 81.1 cm³/mol. The molecule has 4 nitrogen and oxygen atoms in total. The Bertz CT molecular complexity index is 671. The third-order valence-corrected chi connectivity index (χ3v) is 2.92. The van der Waals surface area contributed by atoms with E-state index >= 15 is 0 Å². The highest BCUT2D eigenvalue weighted by Gasteiger charge is 2.14. The third-order valence-electron chi connectivity index (χ3n) is 2.92. The molecule has 0 aliphatic carbocycles. The Morgan fingerprint density at radius 3 is 2.71 bits per heavy atom. The number of halogens is 1. The zero-order valence-electron chi connectivity index (χ0n) is 11.9. The molecular formula is C16H17FN2O2. The highest BCUT2D eigenvalue weighted by atomic mass is 19.1. The van der Waals surface area contributed by atoms with Gasteiger partial charge in [-0.1, -0.05) is 6.07 Å². The number of benzene rings is 2. The molecule has 0 bridgehead atoms. The summed E-state index contributed by atoms with van der Waals surface area (Å²) in [6, 6.07) is 9.35. The van der Waals surface area contributed by atoms with Crippen molar-refractivity contribution in [2.24, 2.45) is 0 Å². The van der Waals surface area contributed by atoms with Crippen LogP contribution in [0.1, 0.15) is 22.8 Å². The first-order chi connectivity index (χ1) is 10.0. The maximum Gasteiger partial charge on any atom is 0.258 e. The van der Waals surface area contributed by atoms with Crippen LogP contribution in [0.15, 0.2) is 36.4 Å². The van der Waals surface area contributed by atoms with Crippen LogP contribution in [0.4, 0.5) is 15.8 Å². The molecule has 0 aromatic heterocycles. The zero-order chi connectivity index (χ0) is 15.4. The second kappa shape index (κ2) is 6.26. The molecule has 2 aromatic rings. The molecule has 110 valence electrons. The van der Waals surface area contributed by atoms with Gasteiger partial charge in [0.25, 0.3) is 5.91 Å². The van der Waals surface area contributed by atoms with Crippen LogP contribution < -0.4 is 15.8 Å². The van der Waals surface area contributed by atoms with Crippen molar-refractivity contribution >= 4 is 17.3 Å². The summed E-state index contributed by atoms with van der Waals surface area (Å²) in [6.07, 6.45) is 0. The van der Waals surface area contributed by atoms with Crippen molar-refractivity contribution in [3.8, 4) is 5.75 Å². The standard InChI is InChI=1S/C16H17FN2O2/c1-3-21-15-8-10(2)4-7-14(15)19-16(20)12-6-5-11(18)9-13(12)17/h4-9H,3,18H2,1-2H3,(H,19,20). The average molecular weight is 288 g/mol. The third kappa shape index (κ3) is 3.51. The molecule has 0 heterocycles. The van der Waals surface area contributed by atoms with Gasteiger partial charge < -0.3 is 15.8 Å². The average Bonchev–Trinajstić information content (AvgIpc) is 2.42. The van der Waals surface area contributed by atoms with Crippen LogP contribution in [0.2, 0.25) is 0 Å². The zero-order valence-corrected chi connectivity index (χ0v) is 11.9. The van der Waals surface area contributed by atoms with E-state index in [1.54, 1.807) is 6.07 Å². The van der Waals surface area contributed by atoms with Crippen LogP contribution in [-0.4, -0.2) is 12.5 Å². The summed E-state index contributed by atoms with van der Waals surface area (Å²) in [7, 11) is 0. The van der Waals surface area contributed by atoms with Gasteiger partial charge in [-0.15, -0.1) is 0 Å². The maximum atomic E-state index is 13.7. The first-order valence-corrected chi connectivity index (χ1v) is 6.61. The molecule has 0 unspecified atom stereocenters. The van der Waals surface area contributed by atoms with Crippen LogP contribution in [0.25, 0.3) is 0 Å². The Kier molecular flexibility index (Phi) is 4.42. The number of hydrogen-bond acceptors (Lipinski definition) is 3. The molecule has 0 fully saturated rings. The Labute approximate surface area is 122 Å². The van der Waals surface area contributed by atoms with Gasteiger partial charge in [0.2, 0.25) is 0 Å². The molecular weight excluding hydrogens is 271 g/mol. The topological polar surface area (TPSA) is 64.3 Å². The summed E-state index contributed by atoms with van der Waals surface area (Å²) < 4.78 is 19.2. The number of rotatable bonds is 4. The molecule has 0 saturated carbocycles. The monoisotopic (exact) mass is 288 g/mol. The van der Waals surface area contributed by atoms with Crippen molar-refractivity contribution in [3.05, 3.63) is 53.3 Å². The highest BCUT2D eigenvalue weighted by Crippen LogP contribution is 2.26. The molecule has 0 aliphatic rings. The minimum atomic E-state index is -0.655. The summed E-state index contributed by atoms with van der Waals surface area (Å²) in [5, 5.41) is 2.65. The van der Waals surface area contributed by atoms with E-state index in [1.807, 2.05) is 26.0 Å². The SMILES string of the molecule is CCOc1cc(C)ccc1NC(=O)c1ccc(N)cc1F. The maximum absolute atomic E-state index is 13.7. The number of carbonyl (C=O) groups is 1. The van der Waals surface area contributed by atoms with Crippen LogP contribution in [-0.2, 0) is 0 Å². The number of ether oxygens (including phenoxy) is 1. The molecule has 0 radical (unpaired) electrons. The second-order valence-corrected chi connectivity index (χ2v) is 4.63. The van der Waals surface area contributed by atoms with E-state index < -0.39 is 11.7 Å². The molecule has 0 spiro atoms. The molecule has 2 rings (SSSR count). The van der Waals surface area contributed by atoms with Gasteiger partial charge in [-0.2, -0.15) is 0 Å². The Hall–Kier alpha value is -2.56. The molecule has 1 amide bonds. The van der Waals surface area contributed by atoms with E-state index in [0.29, 0.717) is 18.0 Å². The van der Waals surface area contributed by atoms with Gasteiger partial charge in [0, 0.05) is 5.69 Å². The Morgan fingerprint density at radius 1 is 1.29 bits per heavy atom. The van der Waals surface area contributed by atoms with Gasteiger partial charge in [0.15, 0.2) is 0 Å². The lowest BCUT2D eigenvalue weighted by Gasteiger charge is -2.12. The molecule has 0 atom stereocenters. The van der Waals surface area contributed by atoms with Crippen LogP contribution in [0.3, 0.4) is 0 Å². The molecule has 21 heavy (non-hydrogen) atoms. The van der Waals surface area contributed by atoms with Gasteiger partial charge in [-0.05, 0) is 49.7 Å². The predicted octanol–water partition coefficient (Wildman–Crippen LogP) is 3.37. The lowest BCUT2D eigenvalue weighted by Crippen LogP contribution is -2.15. The lowest BCUT2D eigenvalue weighted by molar-refractivity contribution is 0.102. The van der Waals surface area contributed by atoms with Crippen LogP contribution in [0.5, 0.6) is 5.75 Å². The number of aryl methyl sites for hydroxylation is 1. The van der Waals surface area contributed by atoms with E-state index in [-0.39, 0.29) is 11.3 Å². The van der Waals surface area contributed by atoms with Crippen molar-refractivity contribution in [2.75, 3.05) is 17.7 Å². The van der Waals surface area contributed by atoms with Crippen LogP contribution >= 0.6 is 0 Å². The number of hydrogen-bond donors (Lipinski definition) is 2. The van der Waals surface area contributed by atoms with Gasteiger partial charge in [0.1, 0.15) is 11.6 Å². The fourth-order valence-corrected chi connectivity index (χ4v) is 1.91. The number of nitrogens with one attached hydrogen (secondary N) is 1. The largest absolute Gasteiger partial charge is 0.492 e. The van der Waals surface area contributed by atoms with E-state index in [9.17, 15) is 9.18 Å². The summed E-state index contributed by atoms with van der Waals surface area (Å²) in [5.74, 6) is -0.642. The summed E-state index contributed by atoms with van der Waals surface area (Å²) in [4.78, 5) is 12.1. The Morgan fingerprint density at radius 2 is 2.05 bits per heavy atom. The van der Waals surface area contributed by atoms with E-state index in [2.05, 4.69) is 5.32 Å². The first-order valence-electron chi connectivity index (χ1n) is 6.61. The molecule has 3 N–H and O–H groups in total. The number of amides is 1. The first kappa shape index (κ1) is 14.8. The fraction of sp³-hybridized carbons (Fsp3) is 0.188. The molecule has 0 aliphatic heterocycles. The van der Waals surface area contributed by atoms with E-state index in [1.165, 1.54) is 12.1 Å². The summed E-state index contributed by atoms with van der Waals surface area (Å²) >= 11 is 0. The number of nitrogen functional groups attached to an aromatic ring is 1. The van der Waals surface area contributed by atoms with Crippen molar-refractivity contribution < 1.29 is 13.9 Å². The normalized spacial score (nSPS) is 10.2. The summed E-state index contributed by atoms with van der Waals surface area (Å²) in [6.45, 7) is 4.25. The van der Waals surface area contributed by atoms with Crippen molar-refractivity contribution in [1.29, 1.82) is 0 Å². The minimum Gasteiger partial charge on any atom is -0.492 e. The smallest absolute Gasteiger partial charge is 0.258 e. The van der Waals surface area contributed by atoms with Crippen LogP contribution in [0, 0.1) is 12.7 Å². The Balaban J connectivity index is 2.27. The lowest BCUT2D eigenvalue weighted by atomic mass is 10.1. The number of anilines is 2. The van der Waals surface area contributed by atoms with E-state index in [0.717, 1.165) is 11.6 Å². The minimum absolute atomic E-state index is 0.0628. The molecule has 2 aromatic carbocycles. The van der Waals surface area contributed by atoms with Gasteiger partial charge in [-0.25, -0.2) is 4.39 Å². The quantitative estimate of drug-likeness (QED) is 0.848. The summed E-state index contributed by atoms with van der Waals surface area (Å²) in [5.41, 5.74) is 7.19. The fourth-order valence-electron chi connectivity index (χ4n) is 1.91. The highest BCUT2D eigenvalue weighted by molar-refractivity contribution is 6.05. The molecule has 0 saturated heterocycles. The second-order valence-electron chi connectivity index (χ2n) is 4.63. The molecule has 5 heteroatoms. The van der Waals surface area contributed by atoms with Crippen molar-refractivity contribution in [1.82, 2.24) is 0 Å². The van der Waals surface area contributed by atoms with E-state index in [4.69, 9.17) is 10.5 Å². The number of carbonyl (C=O) groups excluding carboxylic acids is 1. The van der Waals surface area contributed by atoms with Crippen molar-refractivity contribution in [3.63, 3.8) is 0 Å². The van der Waals surface area contributed by atoms with Gasteiger partial charge >= 0.3 is 0 Å². The van der Waals surface area contributed by atoms with Gasteiger partial charge in [0.05, 0.1) is 17.9 Å².